The highest BCUT2D eigenvalue weighted by Crippen LogP contribution is 2.31. The molecule has 0 aliphatic heterocycles. The summed E-state index contributed by atoms with van der Waals surface area (Å²) < 4.78 is 5.94. The van der Waals surface area contributed by atoms with E-state index in [1.54, 1.807) is 6.07 Å². The Morgan fingerprint density at radius 2 is 2.00 bits per heavy atom. The fourth-order valence-electron chi connectivity index (χ4n) is 2.60. The Morgan fingerprint density at radius 1 is 1.30 bits per heavy atom. The van der Waals surface area contributed by atoms with Gasteiger partial charge in [0, 0.05) is 24.4 Å². The van der Waals surface area contributed by atoms with Crippen LogP contribution in [0.4, 0.5) is 11.4 Å². The first-order valence-corrected chi connectivity index (χ1v) is 7.28. The number of benzene rings is 1. The first kappa shape index (κ1) is 14.6. The Bertz CT molecular complexity index is 468. The van der Waals surface area contributed by atoms with Crippen LogP contribution in [0.15, 0.2) is 18.2 Å². The molecule has 2 rings (SSSR count). The molecule has 5 heteroatoms. The van der Waals surface area contributed by atoms with Gasteiger partial charge in [-0.2, -0.15) is 0 Å². The summed E-state index contributed by atoms with van der Waals surface area (Å²) in [5.74, 6) is 1.35. The van der Waals surface area contributed by atoms with Gasteiger partial charge in [-0.25, -0.2) is 0 Å². The maximum Gasteiger partial charge on any atom is 0.275 e. The maximum absolute atomic E-state index is 11.0. The van der Waals surface area contributed by atoms with Gasteiger partial charge >= 0.3 is 0 Å². The van der Waals surface area contributed by atoms with E-state index in [0.717, 1.165) is 31.0 Å². The predicted molar refractivity (Wildman–Crippen MR) is 79.3 cm³/mol. The second kappa shape index (κ2) is 6.59. The number of nitrogens with one attached hydrogen (secondary N) is 1. The lowest BCUT2D eigenvalue weighted by molar-refractivity contribution is -0.384. The zero-order valence-electron chi connectivity index (χ0n) is 12.1. The van der Waals surface area contributed by atoms with Crippen molar-refractivity contribution in [1.29, 1.82) is 0 Å². The van der Waals surface area contributed by atoms with Gasteiger partial charge in [-0.15, -0.1) is 0 Å². The molecular formula is C15H22N2O3. The van der Waals surface area contributed by atoms with Gasteiger partial charge < -0.3 is 10.1 Å². The zero-order chi connectivity index (χ0) is 14.5. The summed E-state index contributed by atoms with van der Waals surface area (Å²) in [4.78, 5) is 10.6. The summed E-state index contributed by atoms with van der Waals surface area (Å²) in [5, 5.41) is 14.1. The van der Waals surface area contributed by atoms with Gasteiger partial charge in [-0.1, -0.05) is 6.92 Å². The van der Waals surface area contributed by atoms with Crippen molar-refractivity contribution in [3.05, 3.63) is 28.3 Å². The summed E-state index contributed by atoms with van der Waals surface area (Å²) in [5.41, 5.74) is 0.809. The third-order valence-electron chi connectivity index (χ3n) is 3.75. The van der Waals surface area contributed by atoms with E-state index in [1.807, 2.05) is 13.0 Å². The first-order valence-electron chi connectivity index (χ1n) is 7.28. The predicted octanol–water partition coefficient (Wildman–Crippen LogP) is 3.98. The normalized spacial score (nSPS) is 22.3. The quantitative estimate of drug-likeness (QED) is 0.653. The molecule has 1 aromatic carbocycles. The molecular weight excluding hydrogens is 256 g/mol. The van der Waals surface area contributed by atoms with Crippen molar-refractivity contribution in [3.8, 4) is 5.75 Å². The van der Waals surface area contributed by atoms with Crippen molar-refractivity contribution in [3.63, 3.8) is 0 Å². The Hall–Kier alpha value is -1.78. The molecule has 0 spiro atoms. The Labute approximate surface area is 119 Å². The summed E-state index contributed by atoms with van der Waals surface area (Å²) in [6, 6.07) is 4.90. The lowest BCUT2D eigenvalue weighted by Crippen LogP contribution is -2.23. The fourth-order valence-corrected chi connectivity index (χ4v) is 2.60. The Morgan fingerprint density at radius 3 is 2.60 bits per heavy atom. The SMILES string of the molecule is CCNc1cc(OC2CCC(C)CC2)cc([N+](=O)[O-])c1. The fraction of sp³-hybridized carbons (Fsp3) is 0.600. The molecule has 1 N–H and O–H groups in total. The van der Waals surface area contributed by atoms with Crippen LogP contribution in [-0.2, 0) is 0 Å². The molecule has 0 amide bonds. The van der Waals surface area contributed by atoms with Gasteiger partial charge in [0.05, 0.1) is 17.1 Å². The number of nitro benzene ring substituents is 1. The van der Waals surface area contributed by atoms with Crippen molar-refractivity contribution in [1.82, 2.24) is 0 Å². The van der Waals surface area contributed by atoms with Gasteiger partial charge in [0.15, 0.2) is 0 Å². The second-order valence-electron chi connectivity index (χ2n) is 5.50. The average molecular weight is 278 g/mol. The molecule has 1 aliphatic rings. The first-order chi connectivity index (χ1) is 9.58. The maximum atomic E-state index is 11.0. The number of hydrogen-bond donors (Lipinski definition) is 1. The van der Waals surface area contributed by atoms with Crippen LogP contribution >= 0.6 is 0 Å². The van der Waals surface area contributed by atoms with E-state index < -0.39 is 0 Å². The summed E-state index contributed by atoms with van der Waals surface area (Å²) in [6.45, 7) is 4.94. The number of nitro groups is 1. The van der Waals surface area contributed by atoms with Crippen LogP contribution in [0.1, 0.15) is 39.5 Å². The van der Waals surface area contributed by atoms with E-state index in [2.05, 4.69) is 12.2 Å². The lowest BCUT2D eigenvalue weighted by Gasteiger charge is -2.27. The van der Waals surface area contributed by atoms with Gasteiger partial charge in [-0.05, 0) is 38.5 Å². The van der Waals surface area contributed by atoms with E-state index in [1.165, 1.54) is 18.9 Å². The van der Waals surface area contributed by atoms with Crippen LogP contribution in [0.25, 0.3) is 0 Å². The minimum Gasteiger partial charge on any atom is -0.490 e. The molecule has 1 fully saturated rings. The van der Waals surface area contributed by atoms with Crippen molar-refractivity contribution < 1.29 is 9.66 Å². The van der Waals surface area contributed by atoms with Crippen LogP contribution in [0, 0.1) is 16.0 Å². The molecule has 0 atom stereocenters. The third kappa shape index (κ3) is 3.85. The molecule has 1 aromatic rings. The molecule has 0 radical (unpaired) electrons. The number of hydrogen-bond acceptors (Lipinski definition) is 4. The molecule has 0 heterocycles. The minimum atomic E-state index is -0.378. The smallest absolute Gasteiger partial charge is 0.275 e. The monoisotopic (exact) mass is 278 g/mol. The molecule has 20 heavy (non-hydrogen) atoms. The molecule has 5 nitrogen and oxygen atoms in total. The highest BCUT2D eigenvalue weighted by atomic mass is 16.6. The number of anilines is 1. The molecule has 1 saturated carbocycles. The summed E-state index contributed by atoms with van der Waals surface area (Å²) in [6.07, 6.45) is 4.57. The van der Waals surface area contributed by atoms with E-state index in [-0.39, 0.29) is 16.7 Å². The van der Waals surface area contributed by atoms with Crippen LogP contribution in [0.2, 0.25) is 0 Å². The molecule has 0 saturated heterocycles. The van der Waals surface area contributed by atoms with E-state index >= 15 is 0 Å². The number of nitrogens with zero attached hydrogens (tertiary/aromatic N) is 1. The zero-order valence-corrected chi connectivity index (χ0v) is 12.1. The Kier molecular flexibility index (Phi) is 4.82. The van der Waals surface area contributed by atoms with Crippen LogP contribution in [0.3, 0.4) is 0 Å². The molecule has 110 valence electrons. The van der Waals surface area contributed by atoms with Crippen molar-refractivity contribution in [2.24, 2.45) is 5.92 Å². The average Bonchev–Trinajstić information content (AvgIpc) is 2.41. The van der Waals surface area contributed by atoms with Crippen molar-refractivity contribution >= 4 is 11.4 Å². The lowest BCUT2D eigenvalue weighted by atomic mass is 9.89. The van der Waals surface area contributed by atoms with Crippen LogP contribution in [-0.4, -0.2) is 17.6 Å². The van der Waals surface area contributed by atoms with Gasteiger partial charge in [0.2, 0.25) is 0 Å². The second-order valence-corrected chi connectivity index (χ2v) is 5.50. The highest BCUT2D eigenvalue weighted by molar-refractivity contribution is 5.56. The molecule has 0 aromatic heterocycles. The van der Waals surface area contributed by atoms with Crippen molar-refractivity contribution in [2.45, 2.75) is 45.6 Å². The Balaban J connectivity index is 2.11. The van der Waals surface area contributed by atoms with Crippen molar-refractivity contribution in [2.75, 3.05) is 11.9 Å². The molecule has 0 unspecified atom stereocenters. The summed E-state index contributed by atoms with van der Waals surface area (Å²) >= 11 is 0. The number of ether oxygens (including phenoxy) is 1. The van der Waals surface area contributed by atoms with E-state index in [0.29, 0.717) is 5.75 Å². The topological polar surface area (TPSA) is 64.4 Å². The van der Waals surface area contributed by atoms with Gasteiger partial charge in [0.25, 0.3) is 5.69 Å². The standard InChI is InChI=1S/C15H22N2O3/c1-3-16-12-8-13(17(18)19)10-15(9-12)20-14-6-4-11(2)5-7-14/h8-11,14,16H,3-7H2,1-2H3. The highest BCUT2D eigenvalue weighted by Gasteiger charge is 2.20. The summed E-state index contributed by atoms with van der Waals surface area (Å²) in [7, 11) is 0. The number of rotatable bonds is 5. The van der Waals surface area contributed by atoms with Crippen LogP contribution < -0.4 is 10.1 Å². The minimum absolute atomic E-state index is 0.0719. The van der Waals surface area contributed by atoms with E-state index in [4.69, 9.17) is 4.74 Å². The van der Waals surface area contributed by atoms with E-state index in [9.17, 15) is 10.1 Å². The molecule has 0 bridgehead atoms. The molecule has 1 aliphatic carbocycles. The van der Waals surface area contributed by atoms with Gasteiger partial charge in [0.1, 0.15) is 5.75 Å². The largest absolute Gasteiger partial charge is 0.490 e. The van der Waals surface area contributed by atoms with Crippen LogP contribution in [0.5, 0.6) is 5.75 Å². The third-order valence-corrected chi connectivity index (χ3v) is 3.75. The number of non-ortho nitro benzene ring substituents is 1. The van der Waals surface area contributed by atoms with Gasteiger partial charge in [-0.3, -0.25) is 10.1 Å².